The molecule has 8 heteroatoms. The summed E-state index contributed by atoms with van der Waals surface area (Å²) in [6.07, 6.45) is 4.40. The number of hydrogen-bond donors (Lipinski definition) is 2. The first-order valence-electron chi connectivity index (χ1n) is 6.90. The average molecular weight is 313 g/mol. The van der Waals surface area contributed by atoms with Crippen LogP contribution in [0.2, 0.25) is 0 Å². The second kappa shape index (κ2) is 6.40. The summed E-state index contributed by atoms with van der Waals surface area (Å²) in [4.78, 5) is 10.2. The lowest BCUT2D eigenvalue weighted by molar-refractivity contribution is -0.384. The molecule has 0 saturated heterocycles. The number of non-ortho nitro benzene ring substituents is 1. The third-order valence-corrected chi connectivity index (χ3v) is 5.32. The Balaban J connectivity index is 2.12. The summed E-state index contributed by atoms with van der Waals surface area (Å²) in [5.41, 5.74) is 0.0770. The zero-order valence-electron chi connectivity index (χ0n) is 11.8. The fraction of sp³-hybridized carbons (Fsp3) is 0.538. The maximum Gasteiger partial charge on any atom is 0.271 e. The van der Waals surface area contributed by atoms with Gasteiger partial charge in [-0.25, -0.2) is 13.1 Å². The molecule has 21 heavy (non-hydrogen) atoms. The number of nitrogens with one attached hydrogen (secondary N) is 2. The van der Waals surface area contributed by atoms with Crippen molar-refractivity contribution in [3.05, 3.63) is 28.3 Å². The topological polar surface area (TPSA) is 101 Å². The third kappa shape index (κ3) is 3.70. The van der Waals surface area contributed by atoms with Crippen molar-refractivity contribution >= 4 is 21.4 Å². The minimum Gasteiger partial charge on any atom is -0.387 e. The molecule has 0 heterocycles. The van der Waals surface area contributed by atoms with Crippen LogP contribution in [0.3, 0.4) is 0 Å². The molecule has 2 N–H and O–H groups in total. The number of hydrogen-bond acceptors (Lipinski definition) is 5. The number of rotatable bonds is 7. The van der Waals surface area contributed by atoms with Crippen molar-refractivity contribution in [1.82, 2.24) is 4.72 Å². The molecule has 1 aliphatic rings. The summed E-state index contributed by atoms with van der Waals surface area (Å²) in [5, 5.41) is 13.4. The van der Waals surface area contributed by atoms with Crippen LogP contribution in [0.15, 0.2) is 23.1 Å². The van der Waals surface area contributed by atoms with Gasteiger partial charge in [0.2, 0.25) is 10.0 Å². The van der Waals surface area contributed by atoms with Gasteiger partial charge in [0, 0.05) is 25.7 Å². The molecule has 0 unspecified atom stereocenters. The average Bonchev–Trinajstić information content (AvgIpc) is 2.40. The number of nitrogens with zero attached hydrogens (tertiary/aromatic N) is 1. The van der Waals surface area contributed by atoms with E-state index in [-0.39, 0.29) is 16.3 Å². The number of nitro groups is 1. The Morgan fingerprint density at radius 1 is 1.38 bits per heavy atom. The molecule has 0 bridgehead atoms. The Kier molecular flexibility index (Phi) is 4.79. The Morgan fingerprint density at radius 3 is 2.62 bits per heavy atom. The molecule has 116 valence electrons. The second-order valence-electron chi connectivity index (χ2n) is 5.17. The molecule has 1 aliphatic carbocycles. The summed E-state index contributed by atoms with van der Waals surface area (Å²) in [7, 11) is -2.13. The van der Waals surface area contributed by atoms with Crippen molar-refractivity contribution < 1.29 is 13.3 Å². The van der Waals surface area contributed by atoms with E-state index in [1.807, 2.05) is 0 Å². The van der Waals surface area contributed by atoms with Crippen LogP contribution in [-0.4, -0.2) is 26.9 Å². The van der Waals surface area contributed by atoms with Crippen molar-refractivity contribution in [2.24, 2.45) is 5.92 Å². The lowest BCUT2D eigenvalue weighted by Gasteiger charge is -2.25. The van der Waals surface area contributed by atoms with Gasteiger partial charge in [0.25, 0.3) is 5.69 Å². The van der Waals surface area contributed by atoms with Crippen molar-refractivity contribution in [1.29, 1.82) is 0 Å². The molecule has 1 aromatic rings. The number of sulfonamides is 1. The van der Waals surface area contributed by atoms with Gasteiger partial charge in [-0.05, 0) is 18.4 Å². The summed E-state index contributed by atoms with van der Waals surface area (Å²) in [6, 6.07) is 3.68. The van der Waals surface area contributed by atoms with Gasteiger partial charge in [-0.3, -0.25) is 10.1 Å². The van der Waals surface area contributed by atoms with Gasteiger partial charge < -0.3 is 5.32 Å². The van der Waals surface area contributed by atoms with Crippen molar-refractivity contribution in [3.63, 3.8) is 0 Å². The Morgan fingerprint density at radius 2 is 2.10 bits per heavy atom. The zero-order valence-corrected chi connectivity index (χ0v) is 12.6. The quantitative estimate of drug-likeness (QED) is 0.593. The van der Waals surface area contributed by atoms with Crippen LogP contribution >= 0.6 is 0 Å². The summed E-state index contributed by atoms with van der Waals surface area (Å²) < 4.78 is 27.1. The lowest BCUT2D eigenvalue weighted by Crippen LogP contribution is -2.28. The van der Waals surface area contributed by atoms with Crippen molar-refractivity contribution in [2.75, 3.05) is 18.9 Å². The molecule has 0 aromatic heterocycles. The minimum atomic E-state index is -3.66. The normalized spacial score (nSPS) is 15.5. The predicted molar refractivity (Wildman–Crippen MR) is 79.8 cm³/mol. The molecule has 2 rings (SSSR count). The summed E-state index contributed by atoms with van der Waals surface area (Å²) in [6.45, 7) is 0.396. The van der Waals surface area contributed by atoms with E-state index >= 15 is 0 Å². The first-order chi connectivity index (χ1) is 9.94. The van der Waals surface area contributed by atoms with Gasteiger partial charge in [-0.15, -0.1) is 0 Å². The Hall–Kier alpha value is -1.67. The maximum absolute atomic E-state index is 12.3. The molecule has 1 aromatic carbocycles. The predicted octanol–water partition coefficient (Wildman–Crippen LogP) is 2.10. The van der Waals surface area contributed by atoms with E-state index in [4.69, 9.17) is 0 Å². The molecule has 0 radical (unpaired) electrons. The van der Waals surface area contributed by atoms with Gasteiger partial charge in [0.1, 0.15) is 4.90 Å². The third-order valence-electron chi connectivity index (χ3n) is 3.80. The first-order valence-corrected chi connectivity index (χ1v) is 8.38. The van der Waals surface area contributed by atoms with E-state index in [0.717, 1.165) is 6.42 Å². The fourth-order valence-electron chi connectivity index (χ4n) is 2.32. The molecule has 7 nitrogen and oxygen atoms in total. The van der Waals surface area contributed by atoms with Gasteiger partial charge in [-0.1, -0.05) is 19.3 Å². The number of benzene rings is 1. The molecular formula is C13H19N3O4S. The van der Waals surface area contributed by atoms with Crippen LogP contribution in [0.4, 0.5) is 11.4 Å². The van der Waals surface area contributed by atoms with Gasteiger partial charge in [-0.2, -0.15) is 0 Å². The monoisotopic (exact) mass is 313 g/mol. The van der Waals surface area contributed by atoms with E-state index in [1.165, 1.54) is 44.5 Å². The molecule has 0 spiro atoms. The first kappa shape index (κ1) is 15.7. The molecule has 1 fully saturated rings. The van der Waals surface area contributed by atoms with E-state index in [0.29, 0.717) is 12.5 Å². The number of nitro benzene ring substituents is 1. The summed E-state index contributed by atoms with van der Waals surface area (Å²) in [5.74, 6) is 0.619. The van der Waals surface area contributed by atoms with Gasteiger partial charge >= 0.3 is 0 Å². The SMILES string of the molecule is CNc1cc([N+](=O)[O-])ccc1S(=O)(=O)NCCC1CCC1. The van der Waals surface area contributed by atoms with Crippen LogP contribution in [0, 0.1) is 16.0 Å². The van der Waals surface area contributed by atoms with Gasteiger partial charge in [0.05, 0.1) is 10.6 Å². The highest BCUT2D eigenvalue weighted by molar-refractivity contribution is 7.89. The van der Waals surface area contributed by atoms with Crippen LogP contribution in [0.5, 0.6) is 0 Å². The minimum absolute atomic E-state index is 0.0317. The highest BCUT2D eigenvalue weighted by atomic mass is 32.2. The Bertz CT molecular complexity index is 626. The smallest absolute Gasteiger partial charge is 0.271 e. The van der Waals surface area contributed by atoms with Crippen LogP contribution in [-0.2, 0) is 10.0 Å². The van der Waals surface area contributed by atoms with Crippen LogP contribution < -0.4 is 10.0 Å². The van der Waals surface area contributed by atoms with E-state index in [9.17, 15) is 18.5 Å². The number of anilines is 1. The highest BCUT2D eigenvalue weighted by Crippen LogP contribution is 2.29. The van der Waals surface area contributed by atoms with Crippen molar-refractivity contribution in [2.45, 2.75) is 30.6 Å². The molecule has 0 atom stereocenters. The zero-order chi connectivity index (χ0) is 15.5. The fourth-order valence-corrected chi connectivity index (χ4v) is 3.56. The van der Waals surface area contributed by atoms with E-state index in [1.54, 1.807) is 0 Å². The molecular weight excluding hydrogens is 294 g/mol. The second-order valence-corrected chi connectivity index (χ2v) is 6.91. The molecule has 1 saturated carbocycles. The largest absolute Gasteiger partial charge is 0.387 e. The maximum atomic E-state index is 12.3. The lowest BCUT2D eigenvalue weighted by atomic mass is 9.83. The van der Waals surface area contributed by atoms with E-state index in [2.05, 4.69) is 10.0 Å². The van der Waals surface area contributed by atoms with E-state index < -0.39 is 14.9 Å². The standard InChI is InChI=1S/C13H19N3O4S/c1-14-12-9-11(16(17)18)5-6-13(12)21(19,20)15-8-7-10-3-2-4-10/h5-6,9-10,14-15H,2-4,7-8H2,1H3. The van der Waals surface area contributed by atoms with Crippen molar-refractivity contribution in [3.8, 4) is 0 Å². The van der Waals surface area contributed by atoms with Crippen LogP contribution in [0.25, 0.3) is 0 Å². The Labute approximate surface area is 123 Å². The summed E-state index contributed by atoms with van der Waals surface area (Å²) >= 11 is 0. The molecule has 0 aliphatic heterocycles. The van der Waals surface area contributed by atoms with Crippen LogP contribution in [0.1, 0.15) is 25.7 Å². The van der Waals surface area contributed by atoms with Gasteiger partial charge in [0.15, 0.2) is 0 Å². The molecule has 0 amide bonds. The highest BCUT2D eigenvalue weighted by Gasteiger charge is 2.22.